The van der Waals surface area contributed by atoms with Gasteiger partial charge < -0.3 is 15.4 Å². The Labute approximate surface area is 150 Å². The number of carbonyl (C=O) groups excluding carboxylic acids is 1. The van der Waals surface area contributed by atoms with Gasteiger partial charge in [-0.3, -0.25) is 4.79 Å². The number of alkyl halides is 3. The van der Waals surface area contributed by atoms with Crippen molar-refractivity contribution in [3.8, 4) is 5.75 Å². The first kappa shape index (κ1) is 19.8. The van der Waals surface area contributed by atoms with Gasteiger partial charge in [-0.25, -0.2) is 0 Å². The normalized spacial score (nSPS) is 25.2. The topological polar surface area (TPSA) is 50.4 Å². The molecule has 140 valence electrons. The summed E-state index contributed by atoms with van der Waals surface area (Å²) >= 11 is 0. The fourth-order valence-electron chi connectivity index (χ4n) is 3.74. The van der Waals surface area contributed by atoms with E-state index in [0.29, 0.717) is 30.0 Å². The number of halogens is 4. The number of hydrogen-bond donors (Lipinski definition) is 2. The van der Waals surface area contributed by atoms with Crippen LogP contribution in [0, 0.1) is 5.92 Å². The Hall–Kier alpha value is -1.47. The van der Waals surface area contributed by atoms with E-state index in [-0.39, 0.29) is 30.6 Å². The Bertz CT molecular complexity index is 586. The van der Waals surface area contributed by atoms with Gasteiger partial charge in [0.05, 0.1) is 0 Å². The minimum Gasteiger partial charge on any atom is -0.405 e. The highest BCUT2D eigenvalue weighted by Crippen LogP contribution is 2.32. The molecule has 3 rings (SSSR count). The summed E-state index contributed by atoms with van der Waals surface area (Å²) in [6.07, 6.45) is 0.0245. The van der Waals surface area contributed by atoms with Gasteiger partial charge in [0.1, 0.15) is 5.75 Å². The molecule has 25 heavy (non-hydrogen) atoms. The summed E-state index contributed by atoms with van der Waals surface area (Å²) in [5.74, 6) is -0.0428. The van der Waals surface area contributed by atoms with Crippen molar-refractivity contribution < 1.29 is 22.7 Å². The van der Waals surface area contributed by atoms with Gasteiger partial charge in [0, 0.05) is 30.6 Å². The van der Waals surface area contributed by atoms with Gasteiger partial charge in [-0.05, 0) is 37.7 Å². The smallest absolute Gasteiger partial charge is 0.405 e. The zero-order valence-electron chi connectivity index (χ0n) is 13.6. The number of amides is 1. The lowest BCUT2D eigenvalue weighted by atomic mass is 9.89. The maximum atomic E-state index is 12.4. The largest absolute Gasteiger partial charge is 0.573 e. The summed E-state index contributed by atoms with van der Waals surface area (Å²) in [5, 5.41) is 6.24. The van der Waals surface area contributed by atoms with Crippen molar-refractivity contribution in [1.82, 2.24) is 10.6 Å². The molecule has 2 aliphatic heterocycles. The third-order valence-electron chi connectivity index (χ3n) is 4.72. The molecule has 2 unspecified atom stereocenters. The van der Waals surface area contributed by atoms with Crippen molar-refractivity contribution in [2.24, 2.45) is 5.92 Å². The minimum atomic E-state index is -4.74. The van der Waals surface area contributed by atoms with E-state index in [1.54, 1.807) is 6.07 Å². The molecule has 2 saturated heterocycles. The Morgan fingerprint density at radius 1 is 1.20 bits per heavy atom. The standard InChI is InChI=1S/C17H21F3N2O2.ClH/c18-17(19,20)24-15-4-2-1-3-12(15)10-21-16(23)9-11-7-13-5-6-14(8-11)22-13;/h1-4,11,13-14,22H,5-10H2,(H,21,23);1H. The highest BCUT2D eigenvalue weighted by Gasteiger charge is 2.34. The van der Waals surface area contributed by atoms with E-state index in [1.165, 1.54) is 31.0 Å². The molecule has 0 spiro atoms. The van der Waals surface area contributed by atoms with E-state index in [1.807, 2.05) is 0 Å². The number of ether oxygens (including phenoxy) is 1. The molecule has 2 N–H and O–H groups in total. The Morgan fingerprint density at radius 2 is 1.84 bits per heavy atom. The van der Waals surface area contributed by atoms with Crippen LogP contribution in [0.15, 0.2) is 24.3 Å². The number of benzene rings is 1. The van der Waals surface area contributed by atoms with Crippen molar-refractivity contribution >= 4 is 18.3 Å². The number of hydrogen-bond acceptors (Lipinski definition) is 3. The second-order valence-electron chi connectivity index (χ2n) is 6.61. The lowest BCUT2D eigenvalue weighted by Gasteiger charge is -2.28. The highest BCUT2D eigenvalue weighted by atomic mass is 35.5. The average Bonchev–Trinajstić information content (AvgIpc) is 2.84. The van der Waals surface area contributed by atoms with Crippen LogP contribution in [0.2, 0.25) is 0 Å². The van der Waals surface area contributed by atoms with Crippen LogP contribution in [0.4, 0.5) is 13.2 Å². The molecule has 2 atom stereocenters. The van der Waals surface area contributed by atoms with E-state index in [2.05, 4.69) is 15.4 Å². The molecule has 1 aromatic carbocycles. The van der Waals surface area contributed by atoms with Gasteiger partial charge in [-0.2, -0.15) is 0 Å². The summed E-state index contributed by atoms with van der Waals surface area (Å²) in [5.41, 5.74) is 0.313. The molecule has 0 aliphatic carbocycles. The number of carbonyl (C=O) groups is 1. The molecule has 0 radical (unpaired) electrons. The van der Waals surface area contributed by atoms with Crippen molar-refractivity contribution in [3.63, 3.8) is 0 Å². The van der Waals surface area contributed by atoms with E-state index in [9.17, 15) is 18.0 Å². The number of rotatable bonds is 5. The Morgan fingerprint density at radius 3 is 2.48 bits per heavy atom. The van der Waals surface area contributed by atoms with Gasteiger partial charge in [0.25, 0.3) is 0 Å². The average molecular weight is 379 g/mol. The van der Waals surface area contributed by atoms with Crippen LogP contribution < -0.4 is 15.4 Å². The fraction of sp³-hybridized carbons (Fsp3) is 0.588. The van der Waals surface area contributed by atoms with Gasteiger partial charge in [0.2, 0.25) is 5.91 Å². The third-order valence-corrected chi connectivity index (χ3v) is 4.72. The number of fused-ring (bicyclic) bond motifs is 2. The van der Waals surface area contributed by atoms with Crippen LogP contribution in [0.5, 0.6) is 5.75 Å². The molecule has 1 amide bonds. The quantitative estimate of drug-likeness (QED) is 0.824. The molecular formula is C17H22ClF3N2O2. The first-order valence-corrected chi connectivity index (χ1v) is 8.25. The van der Waals surface area contributed by atoms with Crippen molar-refractivity contribution in [2.75, 3.05) is 0 Å². The van der Waals surface area contributed by atoms with E-state index < -0.39 is 6.36 Å². The van der Waals surface area contributed by atoms with Crippen molar-refractivity contribution in [2.45, 2.75) is 57.1 Å². The molecule has 2 fully saturated rings. The second kappa shape index (κ2) is 8.27. The number of para-hydroxylation sites is 1. The van der Waals surface area contributed by atoms with Gasteiger partial charge in [0.15, 0.2) is 0 Å². The second-order valence-corrected chi connectivity index (χ2v) is 6.61. The molecule has 8 heteroatoms. The number of nitrogens with one attached hydrogen (secondary N) is 2. The van der Waals surface area contributed by atoms with E-state index in [4.69, 9.17) is 0 Å². The SMILES string of the molecule is Cl.O=C(CC1CC2CCC(C1)N2)NCc1ccccc1OC(F)(F)F. The predicted octanol–water partition coefficient (Wildman–Crippen LogP) is 3.54. The van der Waals surface area contributed by atoms with Crippen molar-refractivity contribution in [1.29, 1.82) is 0 Å². The third kappa shape index (κ3) is 5.78. The van der Waals surface area contributed by atoms with Crippen LogP contribution in [0.25, 0.3) is 0 Å². The van der Waals surface area contributed by atoms with Gasteiger partial charge >= 0.3 is 6.36 Å². The number of piperidine rings is 1. The summed E-state index contributed by atoms with van der Waals surface area (Å²) in [6, 6.07) is 6.89. The molecule has 4 nitrogen and oxygen atoms in total. The van der Waals surface area contributed by atoms with Crippen molar-refractivity contribution in [3.05, 3.63) is 29.8 Å². The molecule has 1 aromatic rings. The van der Waals surface area contributed by atoms with Crippen LogP contribution in [0.3, 0.4) is 0 Å². The van der Waals surface area contributed by atoms with Gasteiger partial charge in [-0.1, -0.05) is 18.2 Å². The zero-order valence-corrected chi connectivity index (χ0v) is 14.5. The summed E-state index contributed by atoms with van der Waals surface area (Å²) < 4.78 is 41.2. The van der Waals surface area contributed by atoms with Crippen LogP contribution in [-0.4, -0.2) is 24.4 Å². The van der Waals surface area contributed by atoms with Gasteiger partial charge in [-0.15, -0.1) is 25.6 Å². The highest BCUT2D eigenvalue weighted by molar-refractivity contribution is 5.85. The summed E-state index contributed by atoms with van der Waals surface area (Å²) in [7, 11) is 0. The van der Waals surface area contributed by atoms with Crippen LogP contribution in [-0.2, 0) is 11.3 Å². The maximum Gasteiger partial charge on any atom is 0.573 e. The molecule has 2 bridgehead atoms. The molecule has 2 aliphatic rings. The minimum absolute atomic E-state index is 0. The predicted molar refractivity (Wildman–Crippen MR) is 89.5 cm³/mol. The first-order valence-electron chi connectivity index (χ1n) is 8.25. The first-order chi connectivity index (χ1) is 11.4. The Balaban J connectivity index is 0.00000225. The monoisotopic (exact) mass is 378 g/mol. The lowest BCUT2D eigenvalue weighted by molar-refractivity contribution is -0.274. The zero-order chi connectivity index (χ0) is 17.2. The van der Waals surface area contributed by atoms with Crippen LogP contribution >= 0.6 is 12.4 Å². The maximum absolute atomic E-state index is 12.4. The molecule has 2 heterocycles. The molecule has 0 aromatic heterocycles. The summed E-state index contributed by atoms with van der Waals surface area (Å²) in [6.45, 7) is 0.0307. The lowest BCUT2D eigenvalue weighted by Crippen LogP contribution is -2.39. The summed E-state index contributed by atoms with van der Waals surface area (Å²) in [4.78, 5) is 12.1. The fourth-order valence-corrected chi connectivity index (χ4v) is 3.74. The van der Waals surface area contributed by atoms with Crippen LogP contribution in [0.1, 0.15) is 37.7 Å². The molecule has 0 saturated carbocycles. The van der Waals surface area contributed by atoms with E-state index >= 15 is 0 Å². The molecular weight excluding hydrogens is 357 g/mol. The van der Waals surface area contributed by atoms with E-state index in [0.717, 1.165) is 12.8 Å². The Kier molecular flexibility index (Phi) is 6.57.